The van der Waals surface area contributed by atoms with Gasteiger partial charge in [-0.3, -0.25) is 19.3 Å². The fourth-order valence-electron chi connectivity index (χ4n) is 3.35. The van der Waals surface area contributed by atoms with Crippen LogP contribution in [0.3, 0.4) is 0 Å². The molecule has 2 aliphatic heterocycles. The van der Waals surface area contributed by atoms with E-state index < -0.39 is 29.2 Å². The third-order valence-corrected chi connectivity index (χ3v) is 7.05. The van der Waals surface area contributed by atoms with E-state index >= 15 is 0 Å². The number of aromatic nitrogens is 1. The molecule has 3 rings (SSSR count). The Balaban J connectivity index is 1.73. The Morgan fingerprint density at radius 1 is 1.36 bits per heavy atom. The van der Waals surface area contributed by atoms with Crippen molar-refractivity contribution in [3.05, 3.63) is 22.8 Å². The molecule has 0 saturated carbocycles. The number of hydrogen-bond donors (Lipinski definition) is 3. The van der Waals surface area contributed by atoms with Crippen LogP contribution in [0.25, 0.3) is 0 Å². The van der Waals surface area contributed by atoms with Crippen molar-refractivity contribution < 1.29 is 29.1 Å². The van der Waals surface area contributed by atoms with E-state index in [4.69, 9.17) is 4.84 Å². The molecule has 178 valence electrons. The summed E-state index contributed by atoms with van der Waals surface area (Å²) >= 11 is 2.48. The number of thiazole rings is 1. The van der Waals surface area contributed by atoms with E-state index in [0.717, 1.165) is 37.0 Å². The molecule has 0 radical (unpaired) electrons. The number of hydrogen-bond acceptors (Lipinski definition) is 9. The number of amides is 3. The maximum atomic E-state index is 13.0. The Morgan fingerprint density at radius 2 is 2.15 bits per heavy atom. The summed E-state index contributed by atoms with van der Waals surface area (Å²) in [6.45, 7) is 4.24. The van der Waals surface area contributed by atoms with Gasteiger partial charge in [-0.2, -0.15) is 0 Å². The van der Waals surface area contributed by atoms with Gasteiger partial charge in [0.2, 0.25) is 6.41 Å². The van der Waals surface area contributed by atoms with Crippen LogP contribution in [-0.2, 0) is 24.0 Å². The average molecular weight is 496 g/mol. The van der Waals surface area contributed by atoms with Crippen molar-refractivity contribution in [2.24, 2.45) is 5.16 Å². The molecule has 3 atom stereocenters. The number of carbonyl (C=O) groups excluding carboxylic acids is 3. The first kappa shape index (κ1) is 24.7. The van der Waals surface area contributed by atoms with Crippen LogP contribution in [0.5, 0.6) is 0 Å². The molecule has 0 spiro atoms. The Hall–Kier alpha value is -2.93. The van der Waals surface area contributed by atoms with Gasteiger partial charge in [-0.05, 0) is 25.8 Å². The first-order valence-corrected chi connectivity index (χ1v) is 12.3. The summed E-state index contributed by atoms with van der Waals surface area (Å²) < 4.78 is 0. The van der Waals surface area contributed by atoms with Gasteiger partial charge >= 0.3 is 5.97 Å². The van der Waals surface area contributed by atoms with Gasteiger partial charge in [-0.15, -0.1) is 23.1 Å². The SMILES string of the molecule is CCCCCCON=C(C(=O)NC1C(=O)N2C(C(=O)O)=CC(C)S[C@H]12)c1csc(NC=O)n1. The van der Waals surface area contributed by atoms with Crippen LogP contribution in [0.1, 0.15) is 45.2 Å². The van der Waals surface area contributed by atoms with E-state index in [2.05, 4.69) is 27.7 Å². The first-order chi connectivity index (χ1) is 15.9. The zero-order valence-corrected chi connectivity index (χ0v) is 19.8. The van der Waals surface area contributed by atoms with Crippen LogP contribution in [0.4, 0.5) is 5.13 Å². The summed E-state index contributed by atoms with van der Waals surface area (Å²) in [6.07, 6.45) is 5.87. The zero-order valence-electron chi connectivity index (χ0n) is 18.1. The molecular weight excluding hydrogens is 470 g/mol. The molecule has 1 aromatic heterocycles. The van der Waals surface area contributed by atoms with Gasteiger partial charge in [0.15, 0.2) is 10.8 Å². The molecule has 1 aromatic rings. The predicted molar refractivity (Wildman–Crippen MR) is 124 cm³/mol. The molecule has 2 unspecified atom stereocenters. The van der Waals surface area contributed by atoms with Crippen LogP contribution in [0.15, 0.2) is 22.3 Å². The number of nitrogens with one attached hydrogen (secondary N) is 2. The van der Waals surface area contributed by atoms with Crippen molar-refractivity contribution in [1.82, 2.24) is 15.2 Å². The first-order valence-electron chi connectivity index (χ1n) is 10.5. The van der Waals surface area contributed by atoms with Crippen LogP contribution in [-0.4, -0.2) is 68.2 Å². The molecule has 11 nitrogen and oxygen atoms in total. The summed E-state index contributed by atoms with van der Waals surface area (Å²) in [5, 5.41) is 19.5. The Bertz CT molecular complexity index is 978. The van der Waals surface area contributed by atoms with Crippen molar-refractivity contribution in [3.63, 3.8) is 0 Å². The third-order valence-electron chi connectivity index (χ3n) is 4.94. The highest BCUT2D eigenvalue weighted by Gasteiger charge is 2.54. The van der Waals surface area contributed by atoms with Crippen molar-refractivity contribution in [2.75, 3.05) is 11.9 Å². The number of aliphatic carboxylic acids is 1. The van der Waals surface area contributed by atoms with E-state index in [9.17, 15) is 24.3 Å². The minimum Gasteiger partial charge on any atom is -0.477 e. The summed E-state index contributed by atoms with van der Waals surface area (Å²) in [5.41, 5.74) is -0.0280. The second kappa shape index (κ2) is 11.3. The van der Waals surface area contributed by atoms with Crippen LogP contribution in [0.2, 0.25) is 0 Å². The summed E-state index contributed by atoms with van der Waals surface area (Å²) in [5.74, 6) is -2.38. The van der Waals surface area contributed by atoms with Gasteiger partial charge in [-0.1, -0.05) is 24.9 Å². The number of carboxylic acids is 1. The molecule has 33 heavy (non-hydrogen) atoms. The number of oxime groups is 1. The molecule has 0 aromatic carbocycles. The zero-order chi connectivity index (χ0) is 24.0. The van der Waals surface area contributed by atoms with Gasteiger partial charge in [-0.25, -0.2) is 9.78 Å². The summed E-state index contributed by atoms with van der Waals surface area (Å²) in [4.78, 5) is 58.5. The third kappa shape index (κ3) is 5.71. The largest absolute Gasteiger partial charge is 0.477 e. The van der Waals surface area contributed by atoms with E-state index in [1.165, 1.54) is 22.7 Å². The lowest BCUT2D eigenvalue weighted by Gasteiger charge is -2.49. The molecule has 13 heteroatoms. The van der Waals surface area contributed by atoms with Crippen molar-refractivity contribution in [3.8, 4) is 0 Å². The standard InChI is InChI=1S/C20H25N5O6S2/c1-3-4-5-6-7-31-24-14(12-9-32-20(22-12)21-10-26)16(27)23-15-17(28)25-13(19(29)30)8-11(2)33-18(15)25/h8-11,15,18H,3-7H2,1-2H3,(H,23,27)(H,29,30)(H,21,22,26)/t11?,15?,18-/m1/s1. The molecule has 3 heterocycles. The number of unbranched alkanes of at least 4 members (excludes halogenated alkanes) is 3. The Morgan fingerprint density at radius 3 is 2.85 bits per heavy atom. The molecule has 2 aliphatic rings. The van der Waals surface area contributed by atoms with E-state index in [-0.39, 0.29) is 27.5 Å². The highest BCUT2D eigenvalue weighted by Crippen LogP contribution is 2.40. The summed E-state index contributed by atoms with van der Waals surface area (Å²) in [7, 11) is 0. The minimum absolute atomic E-state index is 0.0878. The van der Waals surface area contributed by atoms with Crippen LogP contribution >= 0.6 is 23.1 Å². The van der Waals surface area contributed by atoms with Crippen LogP contribution in [0, 0.1) is 0 Å². The highest BCUT2D eigenvalue weighted by molar-refractivity contribution is 8.00. The number of carboxylic acid groups (broad SMARTS) is 1. The minimum atomic E-state index is -1.19. The van der Waals surface area contributed by atoms with Crippen molar-refractivity contribution in [1.29, 1.82) is 0 Å². The topological polar surface area (TPSA) is 150 Å². The Labute approximate surface area is 198 Å². The second-order valence-corrected chi connectivity index (χ2v) is 9.74. The van der Waals surface area contributed by atoms with Gasteiger partial charge in [0.05, 0.1) is 0 Å². The number of β-lactam (4-membered cyclic amide) rings is 1. The Kier molecular flexibility index (Phi) is 8.44. The molecule has 0 bridgehead atoms. The van der Waals surface area contributed by atoms with Gasteiger partial charge < -0.3 is 20.6 Å². The number of carbonyl (C=O) groups is 4. The molecule has 3 amide bonds. The second-order valence-electron chi connectivity index (χ2n) is 7.38. The smallest absolute Gasteiger partial charge is 0.352 e. The van der Waals surface area contributed by atoms with Gasteiger partial charge in [0.25, 0.3) is 11.8 Å². The monoisotopic (exact) mass is 495 g/mol. The predicted octanol–water partition coefficient (Wildman–Crippen LogP) is 1.77. The molecule has 3 N–H and O–H groups in total. The number of thioether (sulfide) groups is 1. The average Bonchev–Trinajstić information content (AvgIpc) is 3.24. The fourth-order valence-corrected chi connectivity index (χ4v) is 5.33. The lowest BCUT2D eigenvalue weighted by Crippen LogP contribution is -2.71. The number of fused-ring (bicyclic) bond motifs is 1. The normalized spacial score (nSPS) is 22.1. The van der Waals surface area contributed by atoms with E-state index in [1.807, 2.05) is 6.92 Å². The highest BCUT2D eigenvalue weighted by atomic mass is 32.2. The van der Waals surface area contributed by atoms with Crippen molar-refractivity contribution >= 4 is 58.1 Å². The summed E-state index contributed by atoms with van der Waals surface area (Å²) in [6, 6.07) is -0.908. The van der Waals surface area contributed by atoms with Crippen LogP contribution < -0.4 is 10.6 Å². The fraction of sp³-hybridized carbons (Fsp3) is 0.500. The lowest BCUT2D eigenvalue weighted by atomic mass is 10.0. The lowest BCUT2D eigenvalue weighted by molar-refractivity contribution is -0.150. The molecule has 1 fully saturated rings. The van der Waals surface area contributed by atoms with Crippen molar-refractivity contribution in [2.45, 2.75) is 56.2 Å². The van der Waals surface area contributed by atoms with E-state index in [1.54, 1.807) is 5.38 Å². The molecule has 1 saturated heterocycles. The van der Waals surface area contributed by atoms with E-state index in [0.29, 0.717) is 13.0 Å². The maximum absolute atomic E-state index is 13.0. The quantitative estimate of drug-likeness (QED) is 0.131. The molecule has 0 aliphatic carbocycles. The van der Waals surface area contributed by atoms with Gasteiger partial charge in [0, 0.05) is 10.6 Å². The number of rotatable bonds is 12. The number of nitrogens with zero attached hydrogens (tertiary/aromatic N) is 3. The maximum Gasteiger partial charge on any atom is 0.352 e. The molecular formula is C20H25N5O6S2. The number of anilines is 1. The van der Waals surface area contributed by atoms with Gasteiger partial charge in [0.1, 0.15) is 29.4 Å².